The summed E-state index contributed by atoms with van der Waals surface area (Å²) in [6.45, 7) is 0.413. The van der Waals surface area contributed by atoms with Gasteiger partial charge in [0.1, 0.15) is 11.8 Å². The van der Waals surface area contributed by atoms with Crippen molar-refractivity contribution in [3.05, 3.63) is 58.1 Å². The summed E-state index contributed by atoms with van der Waals surface area (Å²) < 4.78 is 5.48. The second-order valence-electron chi connectivity index (χ2n) is 6.78. The van der Waals surface area contributed by atoms with E-state index in [1.807, 2.05) is 14.1 Å². The minimum Gasteiger partial charge on any atom is -0.482 e. The van der Waals surface area contributed by atoms with Gasteiger partial charge in [0.2, 0.25) is 0 Å². The van der Waals surface area contributed by atoms with Crippen LogP contribution in [0, 0.1) is 0 Å². The maximum Gasteiger partial charge on any atom is 0.258 e. The van der Waals surface area contributed by atoms with Crippen molar-refractivity contribution in [3.63, 3.8) is 0 Å². The molecule has 146 valence electrons. The second-order valence-corrected chi connectivity index (χ2v) is 7.63. The van der Waals surface area contributed by atoms with Gasteiger partial charge >= 0.3 is 0 Å². The first-order valence-electron chi connectivity index (χ1n) is 8.70. The van der Waals surface area contributed by atoms with Crippen LogP contribution in [0.1, 0.15) is 11.6 Å². The highest BCUT2D eigenvalue weighted by atomic mass is 35.5. The monoisotopic (exact) mass is 410 g/mol. The number of nitrogens with one attached hydrogen (secondary N) is 2. The molecule has 0 radical (unpaired) electrons. The molecule has 2 aromatic rings. The smallest absolute Gasteiger partial charge is 0.258 e. The summed E-state index contributed by atoms with van der Waals surface area (Å²) in [6, 6.07) is 13.4. The molecule has 0 bridgehead atoms. The highest BCUT2D eigenvalue weighted by molar-refractivity contribution is 6.35. The van der Waals surface area contributed by atoms with Gasteiger partial charge in [0.15, 0.2) is 6.61 Å². The fraction of sp³-hybridized carbons (Fsp3) is 0.350. The van der Waals surface area contributed by atoms with Gasteiger partial charge in [-0.05, 0) is 30.3 Å². The summed E-state index contributed by atoms with van der Waals surface area (Å²) in [5.74, 6) is 0.238. The largest absolute Gasteiger partial charge is 0.482 e. The third-order valence-electron chi connectivity index (χ3n) is 4.26. The fourth-order valence-electron chi connectivity index (χ4n) is 2.66. The van der Waals surface area contributed by atoms with E-state index in [1.165, 1.54) is 10.5 Å². The van der Waals surface area contributed by atoms with Gasteiger partial charge in [-0.25, -0.2) is 0 Å². The van der Waals surface area contributed by atoms with Crippen molar-refractivity contribution in [2.75, 3.05) is 46.2 Å². The lowest BCUT2D eigenvalue weighted by Crippen LogP contribution is -3.07. The number of amides is 1. The van der Waals surface area contributed by atoms with Crippen molar-refractivity contribution in [1.29, 1.82) is 0 Å². The van der Waals surface area contributed by atoms with Crippen LogP contribution in [-0.2, 0) is 4.79 Å². The summed E-state index contributed by atoms with van der Waals surface area (Å²) >= 11 is 11.9. The Bertz CT molecular complexity index is 764. The molecule has 1 atom stereocenters. The highest BCUT2D eigenvalue weighted by Crippen LogP contribution is 2.27. The van der Waals surface area contributed by atoms with Crippen molar-refractivity contribution in [2.45, 2.75) is 6.04 Å². The number of hydrogen-bond acceptors (Lipinski definition) is 3. The number of nitrogens with zero attached hydrogens (tertiary/aromatic N) is 1. The van der Waals surface area contributed by atoms with Crippen LogP contribution in [0.5, 0.6) is 5.75 Å². The van der Waals surface area contributed by atoms with Gasteiger partial charge in [-0.2, -0.15) is 0 Å². The molecule has 0 aromatic heterocycles. The molecule has 0 saturated carbocycles. The molecule has 0 spiro atoms. The van der Waals surface area contributed by atoms with E-state index in [1.54, 1.807) is 18.2 Å². The van der Waals surface area contributed by atoms with Gasteiger partial charge in [-0.15, -0.1) is 0 Å². The molecule has 5 nitrogen and oxygen atoms in total. The van der Waals surface area contributed by atoms with Crippen molar-refractivity contribution >= 4 is 34.8 Å². The highest BCUT2D eigenvalue weighted by Gasteiger charge is 2.19. The average Bonchev–Trinajstić information content (AvgIpc) is 2.61. The van der Waals surface area contributed by atoms with Gasteiger partial charge in [0, 0.05) is 30.4 Å². The minimum atomic E-state index is -0.197. The van der Waals surface area contributed by atoms with Crippen LogP contribution >= 0.6 is 23.2 Å². The lowest BCUT2D eigenvalue weighted by atomic mass is 10.1. The van der Waals surface area contributed by atoms with Gasteiger partial charge in [0.05, 0.1) is 25.7 Å². The Hall–Kier alpha value is -1.95. The third kappa shape index (κ3) is 6.31. The molecule has 27 heavy (non-hydrogen) atoms. The van der Waals surface area contributed by atoms with E-state index in [9.17, 15) is 4.79 Å². The number of rotatable bonds is 8. The molecule has 0 aliphatic heterocycles. The lowest BCUT2D eigenvalue weighted by molar-refractivity contribution is -0.890. The molecular weight excluding hydrogens is 385 g/mol. The average molecular weight is 411 g/mol. The normalized spacial score (nSPS) is 12.0. The van der Waals surface area contributed by atoms with E-state index in [-0.39, 0.29) is 18.6 Å². The van der Waals surface area contributed by atoms with Crippen LogP contribution < -0.4 is 19.9 Å². The van der Waals surface area contributed by atoms with Crippen LogP contribution in [0.25, 0.3) is 0 Å². The molecule has 7 heteroatoms. The molecule has 2 N–H and O–H groups in total. The number of quaternary nitrogens is 1. The number of hydrogen-bond donors (Lipinski definition) is 2. The number of carbonyl (C=O) groups is 1. The Labute approximate surface area is 170 Å². The van der Waals surface area contributed by atoms with Gasteiger partial charge in [-0.1, -0.05) is 35.3 Å². The Kier molecular flexibility index (Phi) is 7.78. The summed E-state index contributed by atoms with van der Waals surface area (Å²) in [5, 5.41) is 3.84. The zero-order valence-electron chi connectivity index (χ0n) is 16.1. The molecule has 0 saturated heterocycles. The molecule has 0 heterocycles. The molecule has 0 fully saturated rings. The Balaban J connectivity index is 1.92. The summed E-state index contributed by atoms with van der Waals surface area (Å²) in [6.07, 6.45) is 0. The predicted molar refractivity (Wildman–Crippen MR) is 111 cm³/mol. The first kappa shape index (κ1) is 21.4. The summed E-state index contributed by atoms with van der Waals surface area (Å²) in [5.41, 5.74) is 2.31. The molecule has 2 rings (SSSR count). The van der Waals surface area contributed by atoms with Crippen LogP contribution in [0.15, 0.2) is 42.5 Å². The van der Waals surface area contributed by atoms with E-state index in [4.69, 9.17) is 27.9 Å². The standard InChI is InChI=1S/C20H25Cl2N3O2/c1-24(2)16-8-5-14(6-9-16)18(25(3)4)12-23-20(26)13-27-19-10-7-15(21)11-17(19)22/h5-11,18H,12-13H2,1-4H3,(H,23,26)/p+1/t18-/m0/s1. The predicted octanol–water partition coefficient (Wildman–Crippen LogP) is 2.44. The van der Waals surface area contributed by atoms with Crippen molar-refractivity contribution in [3.8, 4) is 5.75 Å². The first-order chi connectivity index (χ1) is 12.8. The minimum absolute atomic E-state index is 0.101. The fourth-order valence-corrected chi connectivity index (χ4v) is 3.13. The van der Waals surface area contributed by atoms with E-state index < -0.39 is 0 Å². The number of halogens is 2. The Morgan fingerprint density at radius 1 is 1.15 bits per heavy atom. The molecule has 2 aromatic carbocycles. The van der Waals surface area contributed by atoms with E-state index in [2.05, 4.69) is 48.6 Å². The third-order valence-corrected chi connectivity index (χ3v) is 4.80. The molecule has 0 aliphatic rings. The van der Waals surface area contributed by atoms with Gasteiger partial charge < -0.3 is 19.9 Å². The number of anilines is 1. The van der Waals surface area contributed by atoms with E-state index >= 15 is 0 Å². The number of ether oxygens (including phenoxy) is 1. The van der Waals surface area contributed by atoms with Gasteiger partial charge in [-0.3, -0.25) is 4.79 Å². The second kappa shape index (κ2) is 9.83. The van der Waals surface area contributed by atoms with Crippen molar-refractivity contribution in [2.24, 2.45) is 0 Å². The van der Waals surface area contributed by atoms with Crippen LogP contribution in [0.2, 0.25) is 10.0 Å². The number of likely N-dealkylation sites (N-methyl/N-ethyl adjacent to an activating group) is 1. The quantitative estimate of drug-likeness (QED) is 0.702. The SMILES string of the molecule is CN(C)c1ccc([C@H](CNC(=O)COc2ccc(Cl)cc2Cl)[NH+](C)C)cc1. The number of carbonyl (C=O) groups excluding carboxylic acids is 1. The number of benzene rings is 2. The van der Waals surface area contributed by atoms with Crippen LogP contribution in [0.3, 0.4) is 0 Å². The topological polar surface area (TPSA) is 46.0 Å². The molecule has 0 unspecified atom stereocenters. The zero-order chi connectivity index (χ0) is 20.0. The van der Waals surface area contributed by atoms with Gasteiger partial charge in [0.25, 0.3) is 5.91 Å². The first-order valence-corrected chi connectivity index (χ1v) is 9.45. The Morgan fingerprint density at radius 2 is 1.81 bits per heavy atom. The van der Waals surface area contributed by atoms with Crippen molar-refractivity contribution < 1.29 is 14.4 Å². The summed E-state index contributed by atoms with van der Waals surface area (Å²) in [7, 11) is 8.16. The van der Waals surface area contributed by atoms with E-state index in [0.29, 0.717) is 22.3 Å². The maximum absolute atomic E-state index is 12.2. The van der Waals surface area contributed by atoms with Crippen LogP contribution in [0.4, 0.5) is 5.69 Å². The lowest BCUT2D eigenvalue weighted by Gasteiger charge is -2.23. The summed E-state index contributed by atoms with van der Waals surface area (Å²) in [4.78, 5) is 15.5. The molecule has 0 aliphatic carbocycles. The van der Waals surface area contributed by atoms with Crippen molar-refractivity contribution in [1.82, 2.24) is 5.32 Å². The zero-order valence-corrected chi connectivity index (χ0v) is 17.6. The van der Waals surface area contributed by atoms with Crippen LogP contribution in [-0.4, -0.2) is 47.2 Å². The Morgan fingerprint density at radius 3 is 2.37 bits per heavy atom. The van der Waals surface area contributed by atoms with E-state index in [0.717, 1.165) is 5.69 Å². The molecule has 1 amide bonds. The molecular formula is C20H26Cl2N3O2+. The maximum atomic E-state index is 12.2.